The second kappa shape index (κ2) is 7.26. The summed E-state index contributed by atoms with van der Waals surface area (Å²) in [5.74, 6) is -0.538. The average Bonchev–Trinajstić information content (AvgIpc) is 2.72. The summed E-state index contributed by atoms with van der Waals surface area (Å²) in [5.41, 5.74) is 4.23. The second-order valence-corrected chi connectivity index (χ2v) is 7.06. The van der Waals surface area contributed by atoms with Crippen LogP contribution in [0.2, 0.25) is 5.02 Å². The molecule has 7 nitrogen and oxygen atoms in total. The third kappa shape index (κ3) is 3.12. The summed E-state index contributed by atoms with van der Waals surface area (Å²) in [7, 11) is 1.48. The third-order valence-corrected chi connectivity index (χ3v) is 5.14. The van der Waals surface area contributed by atoms with Gasteiger partial charge >= 0.3 is 0 Å². The van der Waals surface area contributed by atoms with Crippen molar-refractivity contribution in [3.63, 3.8) is 0 Å². The van der Waals surface area contributed by atoms with E-state index in [2.05, 4.69) is 15.4 Å². The van der Waals surface area contributed by atoms with Crippen molar-refractivity contribution >= 4 is 45.9 Å². The van der Waals surface area contributed by atoms with Crippen LogP contribution in [0, 0.1) is 0 Å². The number of hydrogen-bond acceptors (Lipinski definition) is 5. The van der Waals surface area contributed by atoms with Crippen molar-refractivity contribution in [2.24, 2.45) is 0 Å². The van der Waals surface area contributed by atoms with Gasteiger partial charge in [0.1, 0.15) is 11.4 Å². The Kier molecular flexibility index (Phi) is 4.78. The van der Waals surface area contributed by atoms with Crippen molar-refractivity contribution in [3.05, 3.63) is 64.9 Å². The van der Waals surface area contributed by atoms with Crippen LogP contribution in [0.4, 0.5) is 0 Å². The van der Waals surface area contributed by atoms with Crippen LogP contribution in [0.15, 0.2) is 48.8 Å². The van der Waals surface area contributed by atoms with Crippen LogP contribution < -0.4 is 10.2 Å². The number of amides is 2. The number of benzene rings is 1. The first kappa shape index (κ1) is 18.5. The van der Waals surface area contributed by atoms with Gasteiger partial charge in [-0.15, -0.1) is 11.6 Å². The molecule has 2 unspecified atom stereocenters. The highest BCUT2D eigenvalue weighted by atomic mass is 35.5. The van der Waals surface area contributed by atoms with Gasteiger partial charge in [0.05, 0.1) is 12.6 Å². The number of alkyl halides is 1. The number of rotatable bonds is 4. The molecule has 2 amide bonds. The highest BCUT2D eigenvalue weighted by molar-refractivity contribution is 6.34. The molecule has 1 N–H and O–H groups in total. The van der Waals surface area contributed by atoms with Crippen LogP contribution in [-0.2, 0) is 4.79 Å². The summed E-state index contributed by atoms with van der Waals surface area (Å²) in [4.78, 5) is 33.1. The normalized spacial score (nSPS) is 18.7. The minimum Gasteiger partial charge on any atom is -0.481 e. The highest BCUT2D eigenvalue weighted by Crippen LogP contribution is 2.41. The van der Waals surface area contributed by atoms with Gasteiger partial charge in [-0.25, -0.2) is 9.99 Å². The molecule has 0 aliphatic carbocycles. The van der Waals surface area contributed by atoms with Gasteiger partial charge < -0.3 is 4.74 Å². The minimum absolute atomic E-state index is 0.320. The van der Waals surface area contributed by atoms with E-state index in [4.69, 9.17) is 27.9 Å². The van der Waals surface area contributed by atoms with Gasteiger partial charge in [-0.3, -0.25) is 20.0 Å². The first-order valence-electron chi connectivity index (χ1n) is 8.32. The molecular formula is C19H14Cl2N4O3. The van der Waals surface area contributed by atoms with Gasteiger partial charge in [0, 0.05) is 33.9 Å². The Hall–Kier alpha value is -2.90. The predicted octanol–water partition coefficient (Wildman–Crippen LogP) is 3.13. The topological polar surface area (TPSA) is 84.4 Å². The maximum absolute atomic E-state index is 12.4. The fourth-order valence-electron chi connectivity index (χ4n) is 3.07. The average molecular weight is 417 g/mol. The second-order valence-electron chi connectivity index (χ2n) is 6.16. The number of carbonyl (C=O) groups excluding carboxylic acids is 2. The molecule has 9 heteroatoms. The molecule has 1 aliphatic heterocycles. The van der Waals surface area contributed by atoms with E-state index in [1.165, 1.54) is 24.5 Å². The van der Waals surface area contributed by atoms with Crippen LogP contribution in [0.1, 0.15) is 22.0 Å². The fourth-order valence-corrected chi connectivity index (χ4v) is 3.61. The summed E-state index contributed by atoms with van der Waals surface area (Å²) in [6.45, 7) is 0. The number of pyridine rings is 2. The first-order valence-corrected chi connectivity index (χ1v) is 9.13. The number of nitrogens with zero attached hydrogens (tertiary/aromatic N) is 3. The van der Waals surface area contributed by atoms with Crippen LogP contribution in [0.5, 0.6) is 5.88 Å². The molecule has 2 atom stereocenters. The maximum Gasteiger partial charge on any atom is 0.270 e. The minimum atomic E-state index is -0.856. The molecule has 0 bridgehead atoms. The van der Waals surface area contributed by atoms with Crippen molar-refractivity contribution in [1.29, 1.82) is 0 Å². The smallest absolute Gasteiger partial charge is 0.270 e. The number of halogens is 2. The van der Waals surface area contributed by atoms with Gasteiger partial charge in [0.25, 0.3) is 11.8 Å². The summed E-state index contributed by atoms with van der Waals surface area (Å²) >= 11 is 12.4. The number of hydrazine groups is 1. The van der Waals surface area contributed by atoms with E-state index in [0.717, 1.165) is 5.39 Å². The SMILES string of the molecule is COc1nc2ccc(Cl)cc2cc1C1C(Cl)C(=O)N1NC(=O)c1ccncc1. The number of carbonyl (C=O) groups is 2. The number of nitrogens with one attached hydrogen (secondary N) is 1. The molecule has 28 heavy (non-hydrogen) atoms. The summed E-state index contributed by atoms with van der Waals surface area (Å²) < 4.78 is 5.40. The molecule has 3 aromatic rings. The largest absolute Gasteiger partial charge is 0.481 e. The molecule has 3 heterocycles. The van der Waals surface area contributed by atoms with Crippen LogP contribution in [0.3, 0.4) is 0 Å². The summed E-state index contributed by atoms with van der Waals surface area (Å²) in [6.07, 6.45) is 2.99. The fraction of sp³-hybridized carbons (Fsp3) is 0.158. The summed E-state index contributed by atoms with van der Waals surface area (Å²) in [5, 5.41) is 1.66. The van der Waals surface area contributed by atoms with E-state index in [-0.39, 0.29) is 0 Å². The molecule has 2 aromatic heterocycles. The van der Waals surface area contributed by atoms with E-state index in [1.807, 2.05) is 6.07 Å². The summed E-state index contributed by atoms with van der Waals surface area (Å²) in [6, 6.07) is 9.54. The Morgan fingerprint density at radius 2 is 1.96 bits per heavy atom. The van der Waals surface area contributed by atoms with E-state index in [0.29, 0.717) is 27.5 Å². The van der Waals surface area contributed by atoms with Gasteiger partial charge in [-0.05, 0) is 36.4 Å². The first-order chi connectivity index (χ1) is 13.5. The molecule has 1 saturated heterocycles. The van der Waals surface area contributed by atoms with Crippen molar-refractivity contribution in [3.8, 4) is 5.88 Å². The molecule has 0 spiro atoms. The predicted molar refractivity (Wildman–Crippen MR) is 104 cm³/mol. The zero-order chi connectivity index (χ0) is 19.8. The van der Waals surface area contributed by atoms with Crippen molar-refractivity contribution < 1.29 is 14.3 Å². The Morgan fingerprint density at radius 1 is 1.21 bits per heavy atom. The number of ether oxygens (including phenoxy) is 1. The van der Waals surface area contributed by atoms with Crippen molar-refractivity contribution in [2.45, 2.75) is 11.4 Å². The van der Waals surface area contributed by atoms with Gasteiger partial charge in [-0.2, -0.15) is 0 Å². The number of β-lactam (4-membered cyclic amide) rings is 1. The molecule has 1 fully saturated rings. The van der Waals surface area contributed by atoms with Crippen LogP contribution in [0.25, 0.3) is 10.9 Å². The molecule has 0 radical (unpaired) electrons. The lowest BCUT2D eigenvalue weighted by Gasteiger charge is -2.44. The zero-order valence-corrected chi connectivity index (χ0v) is 16.1. The lowest BCUT2D eigenvalue weighted by molar-refractivity contribution is -0.149. The number of fused-ring (bicyclic) bond motifs is 1. The lowest BCUT2D eigenvalue weighted by Crippen LogP contribution is -2.63. The quantitative estimate of drug-likeness (QED) is 0.521. The third-order valence-electron chi connectivity index (χ3n) is 4.47. The lowest BCUT2D eigenvalue weighted by atomic mass is 9.95. The maximum atomic E-state index is 12.4. The number of aromatic nitrogens is 2. The van der Waals surface area contributed by atoms with Gasteiger partial charge in [-0.1, -0.05) is 11.6 Å². The Morgan fingerprint density at radius 3 is 2.68 bits per heavy atom. The standard InChI is InChI=1S/C19H14Cl2N4O3/c1-28-18-13(9-11-8-12(20)2-3-14(11)23-18)16-15(21)19(27)25(16)24-17(26)10-4-6-22-7-5-10/h2-9,15-16H,1H3,(H,24,26). The molecule has 142 valence electrons. The Labute approximate surface area is 170 Å². The molecular weight excluding hydrogens is 403 g/mol. The molecule has 1 aliphatic rings. The van der Waals surface area contributed by atoms with Gasteiger partial charge in [0.2, 0.25) is 5.88 Å². The van der Waals surface area contributed by atoms with Crippen molar-refractivity contribution in [1.82, 2.24) is 20.4 Å². The number of methoxy groups -OCH3 is 1. The highest BCUT2D eigenvalue weighted by Gasteiger charge is 2.50. The van der Waals surface area contributed by atoms with Gasteiger partial charge in [0.15, 0.2) is 0 Å². The zero-order valence-electron chi connectivity index (χ0n) is 14.6. The molecule has 4 rings (SSSR count). The van der Waals surface area contributed by atoms with E-state index in [9.17, 15) is 9.59 Å². The Balaban J connectivity index is 1.70. The monoisotopic (exact) mass is 416 g/mol. The van der Waals surface area contributed by atoms with Crippen LogP contribution >= 0.6 is 23.2 Å². The Bertz CT molecular complexity index is 1080. The van der Waals surface area contributed by atoms with E-state index in [1.54, 1.807) is 30.3 Å². The van der Waals surface area contributed by atoms with E-state index < -0.39 is 23.2 Å². The van der Waals surface area contributed by atoms with Crippen molar-refractivity contribution in [2.75, 3.05) is 7.11 Å². The van der Waals surface area contributed by atoms with Crippen LogP contribution in [-0.4, -0.2) is 39.3 Å². The molecule has 1 aromatic carbocycles. The number of hydrogen-bond donors (Lipinski definition) is 1. The van der Waals surface area contributed by atoms with E-state index >= 15 is 0 Å². The molecule has 0 saturated carbocycles.